The Kier molecular flexibility index (Phi) is 6.23. The quantitative estimate of drug-likeness (QED) is 0.164. The zero-order valence-corrected chi connectivity index (χ0v) is 32.1. The minimum Gasteiger partial charge on any atom is -0.456 e. The predicted molar refractivity (Wildman–Crippen MR) is 236 cm³/mol. The number of anilines is 5. The van der Waals surface area contributed by atoms with E-state index in [9.17, 15) is 0 Å². The highest BCUT2D eigenvalue weighted by atomic mass is 32.2. The maximum atomic E-state index is 6.84. The van der Waals surface area contributed by atoms with Crippen molar-refractivity contribution in [2.45, 2.75) is 29.1 Å². The largest absolute Gasteiger partial charge is 0.456 e. The zero-order valence-electron chi connectivity index (χ0n) is 31.3. The Morgan fingerprint density at radius 1 is 0.561 bits per heavy atom. The molecule has 5 heterocycles. The highest BCUT2D eigenvalue weighted by Gasteiger charge is 2.49. The summed E-state index contributed by atoms with van der Waals surface area (Å²) in [5.41, 5.74) is 17.2. The number of para-hydroxylation sites is 4. The molecule has 0 amide bonds. The van der Waals surface area contributed by atoms with Gasteiger partial charge in [0.05, 0.1) is 22.4 Å². The van der Waals surface area contributed by atoms with E-state index in [1.165, 1.54) is 59.8 Å². The molecule has 9 aromatic rings. The minimum atomic E-state index is -0.195. The van der Waals surface area contributed by atoms with Crippen LogP contribution >= 0.6 is 11.8 Å². The Morgan fingerprint density at radius 2 is 1.32 bits per heavy atom. The molecule has 0 radical (unpaired) electrons. The van der Waals surface area contributed by atoms with E-state index in [1.54, 1.807) is 0 Å². The fourth-order valence-electron chi connectivity index (χ4n) is 10.1. The topological polar surface area (TPSA) is 28.9 Å². The van der Waals surface area contributed by atoms with Gasteiger partial charge in [-0.15, -0.1) is 0 Å². The van der Waals surface area contributed by atoms with Crippen LogP contribution in [0.2, 0.25) is 0 Å². The van der Waals surface area contributed by atoms with Crippen LogP contribution in [0.3, 0.4) is 0 Å². The number of rotatable bonds is 2. The number of hydrogen-bond donors (Lipinski definition) is 0. The molecule has 1 aromatic heterocycles. The lowest BCUT2D eigenvalue weighted by molar-refractivity contribution is 0.477. The third-order valence-electron chi connectivity index (χ3n) is 12.7. The van der Waals surface area contributed by atoms with Crippen molar-refractivity contribution in [3.05, 3.63) is 175 Å². The van der Waals surface area contributed by atoms with E-state index in [0.29, 0.717) is 0 Å². The first kappa shape index (κ1) is 31.6. The van der Waals surface area contributed by atoms with Gasteiger partial charge in [0.15, 0.2) is 11.5 Å². The van der Waals surface area contributed by atoms with Gasteiger partial charge in [-0.1, -0.05) is 129 Å². The summed E-state index contributed by atoms with van der Waals surface area (Å²) in [4.78, 5) is 7.68. The smallest absolute Gasteiger partial charge is 0.333 e. The minimum absolute atomic E-state index is 0.157. The van der Waals surface area contributed by atoms with Gasteiger partial charge in [0.2, 0.25) is 0 Å². The van der Waals surface area contributed by atoms with E-state index in [4.69, 9.17) is 9.15 Å². The van der Waals surface area contributed by atoms with Crippen molar-refractivity contribution in [2.75, 3.05) is 9.71 Å². The van der Waals surface area contributed by atoms with Gasteiger partial charge in [-0.2, -0.15) is 0 Å². The Morgan fingerprint density at radius 3 is 2.21 bits per heavy atom. The molecule has 4 aliphatic heterocycles. The maximum Gasteiger partial charge on any atom is 0.333 e. The molecule has 4 aliphatic rings. The lowest BCUT2D eigenvalue weighted by atomic mass is 9.43. The number of hydrogen-bond acceptors (Lipinski definition) is 5. The number of fused-ring (bicyclic) bond motifs is 12. The summed E-state index contributed by atoms with van der Waals surface area (Å²) in [6, 6.07) is 59.5. The van der Waals surface area contributed by atoms with Crippen LogP contribution in [0, 0.1) is 0 Å². The van der Waals surface area contributed by atoms with E-state index in [1.807, 2.05) is 11.8 Å². The second-order valence-corrected chi connectivity index (χ2v) is 17.1. The third kappa shape index (κ3) is 4.20. The third-order valence-corrected chi connectivity index (χ3v) is 13.8. The van der Waals surface area contributed by atoms with E-state index in [-0.39, 0.29) is 12.3 Å². The molecule has 8 aromatic carbocycles. The first-order valence-corrected chi connectivity index (χ1v) is 20.4. The van der Waals surface area contributed by atoms with E-state index in [0.717, 1.165) is 56.2 Å². The molecule has 268 valence electrons. The Bertz CT molecular complexity index is 3190. The second-order valence-electron chi connectivity index (χ2n) is 16.0. The normalized spacial score (nSPS) is 14.9. The summed E-state index contributed by atoms with van der Waals surface area (Å²) in [6.45, 7) is 4.60. The fourth-order valence-corrected chi connectivity index (χ4v) is 11.5. The van der Waals surface area contributed by atoms with E-state index in [2.05, 4.69) is 187 Å². The Hall–Kier alpha value is -6.63. The molecule has 0 N–H and O–H groups in total. The average molecular weight is 749 g/mol. The van der Waals surface area contributed by atoms with Gasteiger partial charge in [-0.25, -0.2) is 0 Å². The van der Waals surface area contributed by atoms with Crippen molar-refractivity contribution < 1.29 is 9.15 Å². The van der Waals surface area contributed by atoms with E-state index < -0.39 is 0 Å². The van der Waals surface area contributed by atoms with E-state index >= 15 is 0 Å². The molecular weight excluding hydrogens is 715 g/mol. The second kappa shape index (κ2) is 11.2. The molecular formula is C51H33BN2O2S. The van der Waals surface area contributed by atoms with Crippen molar-refractivity contribution in [1.82, 2.24) is 0 Å². The molecule has 0 bridgehead atoms. The van der Waals surface area contributed by atoms with Crippen LogP contribution in [-0.4, -0.2) is 6.85 Å². The van der Waals surface area contributed by atoms with Crippen LogP contribution < -0.4 is 25.4 Å². The van der Waals surface area contributed by atoms with Crippen LogP contribution in [0.15, 0.2) is 178 Å². The van der Waals surface area contributed by atoms with Crippen molar-refractivity contribution >= 4 is 79.9 Å². The van der Waals surface area contributed by atoms with Crippen LogP contribution in [0.25, 0.3) is 44.2 Å². The molecule has 0 spiro atoms. The summed E-state index contributed by atoms with van der Waals surface area (Å²) in [5, 5.41) is 2.23. The van der Waals surface area contributed by atoms with Crippen molar-refractivity contribution in [3.63, 3.8) is 0 Å². The van der Waals surface area contributed by atoms with Gasteiger partial charge >= 0.3 is 6.85 Å². The molecule has 0 unspecified atom stereocenters. The molecule has 0 saturated carbocycles. The van der Waals surface area contributed by atoms with Crippen LogP contribution in [0.5, 0.6) is 11.5 Å². The van der Waals surface area contributed by atoms with Gasteiger partial charge in [0.1, 0.15) is 11.2 Å². The van der Waals surface area contributed by atoms with Gasteiger partial charge in [-0.3, -0.25) is 0 Å². The highest BCUT2D eigenvalue weighted by molar-refractivity contribution is 7.99. The molecule has 6 heteroatoms. The van der Waals surface area contributed by atoms with Crippen LogP contribution in [0.4, 0.5) is 28.4 Å². The molecule has 13 rings (SSSR count). The van der Waals surface area contributed by atoms with Gasteiger partial charge in [0.25, 0.3) is 0 Å². The highest BCUT2D eigenvalue weighted by Crippen LogP contribution is 2.58. The average Bonchev–Trinajstić information content (AvgIpc) is 3.63. The molecule has 0 atom stereocenters. The lowest BCUT2D eigenvalue weighted by Crippen LogP contribution is -2.62. The Balaban J connectivity index is 1.17. The summed E-state index contributed by atoms with van der Waals surface area (Å²) in [7, 11) is 0. The summed E-state index contributed by atoms with van der Waals surface area (Å²) in [5.74, 6) is 1.70. The van der Waals surface area contributed by atoms with Gasteiger partial charge < -0.3 is 18.9 Å². The van der Waals surface area contributed by atoms with Crippen molar-refractivity contribution in [3.8, 4) is 33.8 Å². The molecule has 57 heavy (non-hydrogen) atoms. The zero-order chi connectivity index (χ0) is 37.6. The SMILES string of the molecule is CC1(C)c2ccccc2Sc2cc3c(cc21)-c1cc2oc4ccccc4c2c2c1B(c1cccc4c1N2c1ccccc1O4)N3c1ccc(-c2ccccc2)cc1. The first-order chi connectivity index (χ1) is 28.0. The maximum absolute atomic E-state index is 6.84. The Labute approximate surface area is 335 Å². The van der Waals surface area contributed by atoms with Crippen LogP contribution in [0.1, 0.15) is 25.0 Å². The molecule has 0 aliphatic carbocycles. The monoisotopic (exact) mass is 748 g/mol. The van der Waals surface area contributed by atoms with Gasteiger partial charge in [0, 0.05) is 37.5 Å². The predicted octanol–water partition coefficient (Wildman–Crippen LogP) is 12.9. The lowest BCUT2D eigenvalue weighted by Gasteiger charge is -2.48. The van der Waals surface area contributed by atoms with Crippen molar-refractivity contribution in [2.24, 2.45) is 0 Å². The molecule has 0 saturated heterocycles. The summed E-state index contributed by atoms with van der Waals surface area (Å²) < 4.78 is 13.6. The van der Waals surface area contributed by atoms with Gasteiger partial charge in [-0.05, 0) is 99.4 Å². The number of furan rings is 1. The number of benzene rings is 8. The summed E-state index contributed by atoms with van der Waals surface area (Å²) in [6.07, 6.45) is 0. The summed E-state index contributed by atoms with van der Waals surface area (Å²) >= 11 is 1.89. The van der Waals surface area contributed by atoms with Crippen LogP contribution in [-0.2, 0) is 5.41 Å². The number of ether oxygens (including phenoxy) is 1. The standard InChI is InChI=1S/C51H33BN2O2S/c1-51(2)36-16-7-11-22-45(36)57-46-29-40-34(27-37(46)51)35-28-44-47(33-15-6-9-19-41(33)55-44)50-48(35)52(54(40)32-25-23-31(24-26-32)30-13-4-3-5-14-30)38-17-12-21-43-49(38)53(50)39-18-8-10-20-42(39)56-43/h3-29H,1-2H3. The first-order valence-electron chi connectivity index (χ1n) is 19.6. The van der Waals surface area contributed by atoms with Crippen molar-refractivity contribution in [1.29, 1.82) is 0 Å². The molecule has 4 nitrogen and oxygen atoms in total. The number of nitrogens with zero attached hydrogens (tertiary/aromatic N) is 2. The fraction of sp³-hybridized carbons (Fsp3) is 0.0588. The molecule has 0 fully saturated rings.